The van der Waals surface area contributed by atoms with Gasteiger partial charge in [-0.25, -0.2) is 8.42 Å². The third-order valence-electron chi connectivity index (χ3n) is 2.77. The largest absolute Gasteiger partial charge is 0.480 e. The van der Waals surface area contributed by atoms with Crippen LogP contribution in [0.3, 0.4) is 0 Å². The third-order valence-corrected chi connectivity index (χ3v) is 4.64. The number of hydrogen-bond donors (Lipinski definition) is 2. The van der Waals surface area contributed by atoms with Crippen molar-refractivity contribution in [1.29, 1.82) is 0 Å². The van der Waals surface area contributed by atoms with Crippen molar-refractivity contribution >= 4 is 21.9 Å². The Hall–Kier alpha value is -1.93. The Morgan fingerprint density at radius 3 is 2.53 bits per heavy atom. The SMILES string of the molecule is O=C1CN(S(=O)(=O)c2ccccc2)C(C(=O)O)CN1. The first kappa shape index (κ1) is 13.5. The predicted octanol–water partition coefficient (Wildman–Crippen LogP) is -0.740. The maximum atomic E-state index is 12.3. The van der Waals surface area contributed by atoms with E-state index < -0.39 is 34.5 Å². The number of benzene rings is 1. The van der Waals surface area contributed by atoms with Crippen LogP contribution < -0.4 is 5.32 Å². The lowest BCUT2D eigenvalue weighted by Crippen LogP contribution is -2.59. The van der Waals surface area contributed by atoms with Gasteiger partial charge in [-0.2, -0.15) is 4.31 Å². The molecule has 0 aromatic heterocycles. The Kier molecular flexibility index (Phi) is 3.54. The lowest BCUT2D eigenvalue weighted by molar-refractivity contribution is -0.143. The molecule has 102 valence electrons. The molecule has 0 radical (unpaired) electrons. The van der Waals surface area contributed by atoms with E-state index in [4.69, 9.17) is 5.11 Å². The summed E-state index contributed by atoms with van der Waals surface area (Å²) in [5.41, 5.74) is 0. The second-order valence-electron chi connectivity index (χ2n) is 4.02. The molecule has 1 aromatic carbocycles. The topological polar surface area (TPSA) is 104 Å². The van der Waals surface area contributed by atoms with Gasteiger partial charge in [0, 0.05) is 6.54 Å². The number of aliphatic carboxylic acids is 1. The number of sulfonamides is 1. The summed E-state index contributed by atoms with van der Waals surface area (Å²) >= 11 is 0. The summed E-state index contributed by atoms with van der Waals surface area (Å²) in [6.45, 7) is -0.728. The second-order valence-corrected chi connectivity index (χ2v) is 5.91. The van der Waals surface area contributed by atoms with Gasteiger partial charge in [0.25, 0.3) is 0 Å². The minimum Gasteiger partial charge on any atom is -0.480 e. The van der Waals surface area contributed by atoms with Crippen LogP contribution in [0, 0.1) is 0 Å². The van der Waals surface area contributed by atoms with Crippen LogP contribution in [0.25, 0.3) is 0 Å². The summed E-state index contributed by atoms with van der Waals surface area (Å²) in [6, 6.07) is 6.15. The smallest absolute Gasteiger partial charge is 0.323 e. The predicted molar refractivity (Wildman–Crippen MR) is 64.8 cm³/mol. The molecule has 1 aliphatic heterocycles. The number of piperazine rings is 1. The fourth-order valence-corrected chi connectivity index (χ4v) is 3.37. The molecule has 8 heteroatoms. The summed E-state index contributed by atoms with van der Waals surface area (Å²) in [7, 11) is -4.00. The molecule has 1 aromatic rings. The quantitative estimate of drug-likeness (QED) is 0.761. The van der Waals surface area contributed by atoms with Crippen LogP contribution in [-0.2, 0) is 19.6 Å². The number of carboxylic acid groups (broad SMARTS) is 1. The highest BCUT2D eigenvalue weighted by atomic mass is 32.2. The summed E-state index contributed by atoms with van der Waals surface area (Å²) < 4.78 is 25.4. The molecule has 1 heterocycles. The van der Waals surface area contributed by atoms with Crippen molar-refractivity contribution in [3.8, 4) is 0 Å². The Balaban J connectivity index is 2.41. The number of amides is 1. The van der Waals surface area contributed by atoms with Crippen LogP contribution in [-0.4, -0.2) is 48.8 Å². The summed E-state index contributed by atoms with van der Waals surface area (Å²) in [5.74, 6) is -1.81. The molecular weight excluding hydrogens is 272 g/mol. The van der Waals surface area contributed by atoms with E-state index in [0.29, 0.717) is 4.31 Å². The maximum Gasteiger partial charge on any atom is 0.323 e. The van der Waals surface area contributed by atoms with E-state index in [-0.39, 0.29) is 11.4 Å². The Bertz CT molecular complexity index is 599. The molecule has 0 saturated carbocycles. The van der Waals surface area contributed by atoms with E-state index >= 15 is 0 Å². The number of carboxylic acids is 1. The van der Waals surface area contributed by atoms with Gasteiger partial charge < -0.3 is 10.4 Å². The summed E-state index contributed by atoms with van der Waals surface area (Å²) in [5, 5.41) is 11.4. The van der Waals surface area contributed by atoms with Gasteiger partial charge in [-0.3, -0.25) is 9.59 Å². The molecule has 0 spiro atoms. The van der Waals surface area contributed by atoms with Crippen LogP contribution >= 0.6 is 0 Å². The molecule has 1 saturated heterocycles. The highest BCUT2D eigenvalue weighted by molar-refractivity contribution is 7.89. The zero-order chi connectivity index (χ0) is 14.0. The van der Waals surface area contributed by atoms with Gasteiger partial charge >= 0.3 is 5.97 Å². The first-order valence-electron chi connectivity index (χ1n) is 5.49. The van der Waals surface area contributed by atoms with Gasteiger partial charge in [-0.1, -0.05) is 18.2 Å². The molecule has 1 amide bonds. The number of hydrogen-bond acceptors (Lipinski definition) is 4. The molecule has 0 aliphatic carbocycles. The molecule has 19 heavy (non-hydrogen) atoms. The van der Waals surface area contributed by atoms with E-state index in [1.54, 1.807) is 6.07 Å². The van der Waals surface area contributed by atoms with Crippen molar-refractivity contribution in [3.05, 3.63) is 30.3 Å². The molecule has 1 atom stereocenters. The van der Waals surface area contributed by atoms with Crippen LogP contribution in [0.2, 0.25) is 0 Å². The molecular formula is C11H12N2O5S. The Morgan fingerprint density at radius 2 is 1.95 bits per heavy atom. The maximum absolute atomic E-state index is 12.3. The Morgan fingerprint density at radius 1 is 1.32 bits per heavy atom. The summed E-state index contributed by atoms with van der Waals surface area (Å²) in [4.78, 5) is 22.4. The van der Waals surface area contributed by atoms with Gasteiger partial charge in [-0.05, 0) is 12.1 Å². The fourth-order valence-electron chi connectivity index (χ4n) is 1.81. The van der Waals surface area contributed by atoms with Gasteiger partial charge in [0.05, 0.1) is 11.4 Å². The average molecular weight is 284 g/mol. The third kappa shape index (κ3) is 2.59. The standard InChI is InChI=1S/C11H12N2O5S/c14-10-7-13(9(6-12-10)11(15)16)19(17,18)8-4-2-1-3-5-8/h1-5,9H,6-7H2,(H,12,14)(H,15,16). The first-order chi connectivity index (χ1) is 8.93. The molecule has 2 rings (SSSR count). The van der Waals surface area contributed by atoms with E-state index in [1.165, 1.54) is 24.3 Å². The van der Waals surface area contributed by atoms with Crippen LogP contribution in [0.1, 0.15) is 0 Å². The van der Waals surface area contributed by atoms with Gasteiger partial charge in [0.1, 0.15) is 6.04 Å². The van der Waals surface area contributed by atoms with Gasteiger partial charge in [-0.15, -0.1) is 0 Å². The van der Waals surface area contributed by atoms with Crippen molar-refractivity contribution in [2.24, 2.45) is 0 Å². The van der Waals surface area contributed by atoms with Crippen molar-refractivity contribution in [3.63, 3.8) is 0 Å². The number of carbonyl (C=O) groups is 2. The lowest BCUT2D eigenvalue weighted by atomic mass is 10.2. The van der Waals surface area contributed by atoms with Crippen molar-refractivity contribution in [2.75, 3.05) is 13.1 Å². The zero-order valence-corrected chi connectivity index (χ0v) is 10.6. The second kappa shape index (κ2) is 4.98. The average Bonchev–Trinajstić information content (AvgIpc) is 2.39. The Labute approximate surface area is 109 Å². The van der Waals surface area contributed by atoms with E-state index in [2.05, 4.69) is 5.32 Å². The van der Waals surface area contributed by atoms with Crippen LogP contribution in [0.15, 0.2) is 35.2 Å². The highest BCUT2D eigenvalue weighted by Gasteiger charge is 2.40. The number of carbonyl (C=O) groups excluding carboxylic acids is 1. The van der Waals surface area contributed by atoms with E-state index in [9.17, 15) is 18.0 Å². The number of nitrogens with one attached hydrogen (secondary N) is 1. The van der Waals surface area contributed by atoms with Crippen molar-refractivity contribution in [1.82, 2.24) is 9.62 Å². The highest BCUT2D eigenvalue weighted by Crippen LogP contribution is 2.19. The number of nitrogens with zero attached hydrogens (tertiary/aromatic N) is 1. The van der Waals surface area contributed by atoms with E-state index in [0.717, 1.165) is 0 Å². The molecule has 7 nitrogen and oxygen atoms in total. The lowest BCUT2D eigenvalue weighted by Gasteiger charge is -2.31. The molecule has 1 aliphatic rings. The monoisotopic (exact) mass is 284 g/mol. The first-order valence-corrected chi connectivity index (χ1v) is 6.93. The fraction of sp³-hybridized carbons (Fsp3) is 0.273. The van der Waals surface area contributed by atoms with Gasteiger partial charge in [0.2, 0.25) is 15.9 Å². The normalized spacial score (nSPS) is 20.8. The molecule has 1 fully saturated rings. The minimum absolute atomic E-state index is 0.0315. The van der Waals surface area contributed by atoms with E-state index in [1.807, 2.05) is 0 Å². The molecule has 1 unspecified atom stereocenters. The minimum atomic E-state index is -4.00. The molecule has 0 bridgehead atoms. The van der Waals surface area contributed by atoms with Crippen molar-refractivity contribution < 1.29 is 23.1 Å². The van der Waals surface area contributed by atoms with Crippen LogP contribution in [0.5, 0.6) is 0 Å². The van der Waals surface area contributed by atoms with Crippen LogP contribution in [0.4, 0.5) is 0 Å². The summed E-state index contributed by atoms with van der Waals surface area (Å²) in [6.07, 6.45) is 0. The van der Waals surface area contributed by atoms with Gasteiger partial charge in [0.15, 0.2) is 0 Å². The number of rotatable bonds is 3. The zero-order valence-electron chi connectivity index (χ0n) is 9.81. The molecule has 2 N–H and O–H groups in total. The van der Waals surface area contributed by atoms with Crippen molar-refractivity contribution in [2.45, 2.75) is 10.9 Å².